The van der Waals surface area contributed by atoms with Gasteiger partial charge in [0.1, 0.15) is 0 Å². The van der Waals surface area contributed by atoms with E-state index in [4.69, 9.17) is 4.74 Å². The Labute approximate surface area is 133 Å². The highest BCUT2D eigenvalue weighted by molar-refractivity contribution is 5.20. The highest BCUT2D eigenvalue weighted by atomic mass is 19.2. The van der Waals surface area contributed by atoms with E-state index in [2.05, 4.69) is 10.00 Å². The molecular weight excluding hydrogens is 304 g/mol. The first-order chi connectivity index (χ1) is 11.1. The monoisotopic (exact) mass is 323 g/mol. The number of β-amino-alcohol motifs (C(OH)–C–C–N with tert-alkyl or cyclic N) is 1. The molecule has 2 aromatic rings. The number of aliphatic hydroxyl groups excluding tert-OH is 1. The van der Waals surface area contributed by atoms with Gasteiger partial charge in [-0.05, 0) is 23.8 Å². The second-order valence-electron chi connectivity index (χ2n) is 5.67. The van der Waals surface area contributed by atoms with Crippen molar-refractivity contribution in [1.29, 1.82) is 0 Å². The van der Waals surface area contributed by atoms with Gasteiger partial charge in [0.2, 0.25) is 0 Å². The quantitative estimate of drug-likeness (QED) is 0.908. The second kappa shape index (κ2) is 7.16. The number of aliphatic hydroxyl groups is 1. The van der Waals surface area contributed by atoms with Crippen molar-refractivity contribution in [1.82, 2.24) is 14.7 Å². The molecule has 1 saturated heterocycles. The molecule has 23 heavy (non-hydrogen) atoms. The van der Waals surface area contributed by atoms with Crippen molar-refractivity contribution in [2.24, 2.45) is 0 Å². The van der Waals surface area contributed by atoms with Crippen LogP contribution in [0.5, 0.6) is 0 Å². The van der Waals surface area contributed by atoms with Crippen LogP contribution in [-0.2, 0) is 11.3 Å². The molecule has 2 atom stereocenters. The van der Waals surface area contributed by atoms with Gasteiger partial charge in [-0.3, -0.25) is 9.58 Å². The van der Waals surface area contributed by atoms with Crippen molar-refractivity contribution in [2.45, 2.75) is 18.8 Å². The molecule has 0 aliphatic carbocycles. The Morgan fingerprint density at radius 3 is 2.96 bits per heavy atom. The van der Waals surface area contributed by atoms with E-state index in [-0.39, 0.29) is 6.10 Å². The van der Waals surface area contributed by atoms with E-state index in [0.29, 0.717) is 38.3 Å². The van der Waals surface area contributed by atoms with Gasteiger partial charge < -0.3 is 9.84 Å². The number of aromatic nitrogens is 2. The molecular formula is C16H19F2N3O2. The summed E-state index contributed by atoms with van der Waals surface area (Å²) in [7, 11) is 0. The third-order valence-corrected chi connectivity index (χ3v) is 3.93. The van der Waals surface area contributed by atoms with Gasteiger partial charge in [-0.1, -0.05) is 6.07 Å². The number of nitrogens with zero attached hydrogens (tertiary/aromatic N) is 3. The van der Waals surface area contributed by atoms with Crippen molar-refractivity contribution in [3.8, 4) is 0 Å². The van der Waals surface area contributed by atoms with Crippen molar-refractivity contribution in [3.05, 3.63) is 53.9 Å². The van der Waals surface area contributed by atoms with Crippen molar-refractivity contribution in [3.63, 3.8) is 0 Å². The molecule has 124 valence electrons. The van der Waals surface area contributed by atoms with E-state index >= 15 is 0 Å². The van der Waals surface area contributed by atoms with Gasteiger partial charge in [0.05, 0.1) is 25.4 Å². The molecule has 2 heterocycles. The Balaban J connectivity index is 1.57. The van der Waals surface area contributed by atoms with Crippen LogP contribution in [0.4, 0.5) is 8.78 Å². The molecule has 0 spiro atoms. The first kappa shape index (κ1) is 16.0. The molecule has 0 unspecified atom stereocenters. The van der Waals surface area contributed by atoms with Crippen LogP contribution in [0.15, 0.2) is 36.7 Å². The van der Waals surface area contributed by atoms with Crippen LogP contribution in [-0.4, -0.2) is 52.1 Å². The molecule has 1 aromatic heterocycles. The third kappa shape index (κ3) is 4.13. The van der Waals surface area contributed by atoms with Crippen LogP contribution < -0.4 is 0 Å². The van der Waals surface area contributed by atoms with E-state index in [0.717, 1.165) is 12.1 Å². The fourth-order valence-corrected chi connectivity index (χ4v) is 2.74. The molecule has 7 heteroatoms. The lowest BCUT2D eigenvalue weighted by Crippen LogP contribution is -2.45. The summed E-state index contributed by atoms with van der Waals surface area (Å²) in [6, 6.07) is 5.34. The largest absolute Gasteiger partial charge is 0.387 e. The summed E-state index contributed by atoms with van der Waals surface area (Å²) in [5.41, 5.74) is 0.374. The Morgan fingerprint density at radius 1 is 1.35 bits per heavy atom. The van der Waals surface area contributed by atoms with Gasteiger partial charge in [-0.25, -0.2) is 8.78 Å². The van der Waals surface area contributed by atoms with Gasteiger partial charge in [0.25, 0.3) is 0 Å². The maximum Gasteiger partial charge on any atom is 0.159 e. The number of ether oxygens (including phenoxy) is 1. The Bertz CT molecular complexity index is 636. The highest BCUT2D eigenvalue weighted by Gasteiger charge is 2.23. The van der Waals surface area contributed by atoms with Crippen LogP contribution in [0.3, 0.4) is 0 Å². The molecule has 1 fully saturated rings. The van der Waals surface area contributed by atoms with E-state index in [1.165, 1.54) is 6.07 Å². The Morgan fingerprint density at radius 2 is 2.22 bits per heavy atom. The van der Waals surface area contributed by atoms with Gasteiger partial charge >= 0.3 is 0 Å². The smallest absolute Gasteiger partial charge is 0.159 e. The second-order valence-corrected chi connectivity index (χ2v) is 5.67. The summed E-state index contributed by atoms with van der Waals surface area (Å²) in [6.45, 7) is 2.90. The Hall–Kier alpha value is -1.83. The Kier molecular flexibility index (Phi) is 5.00. The summed E-state index contributed by atoms with van der Waals surface area (Å²) < 4.78 is 33.7. The summed E-state index contributed by atoms with van der Waals surface area (Å²) in [5.74, 6) is -1.85. The normalized spacial score (nSPS) is 20.6. The predicted octanol–water partition coefficient (Wildman–Crippen LogP) is 1.60. The van der Waals surface area contributed by atoms with Gasteiger partial charge in [-0.15, -0.1) is 0 Å². The third-order valence-electron chi connectivity index (χ3n) is 3.93. The SMILES string of the molecule is O[C@H](CN1CCO[C@@H](Cn2cccn2)C1)c1ccc(F)c(F)c1. The summed E-state index contributed by atoms with van der Waals surface area (Å²) in [5, 5.41) is 14.4. The topological polar surface area (TPSA) is 50.5 Å². The van der Waals surface area contributed by atoms with Crippen molar-refractivity contribution in [2.75, 3.05) is 26.2 Å². The zero-order valence-corrected chi connectivity index (χ0v) is 12.6. The summed E-state index contributed by atoms with van der Waals surface area (Å²) in [6.07, 6.45) is 2.71. The van der Waals surface area contributed by atoms with E-state index in [1.807, 2.05) is 12.3 Å². The highest BCUT2D eigenvalue weighted by Crippen LogP contribution is 2.19. The average molecular weight is 323 g/mol. The maximum absolute atomic E-state index is 13.3. The van der Waals surface area contributed by atoms with Gasteiger partial charge in [0.15, 0.2) is 11.6 Å². The number of benzene rings is 1. The van der Waals surface area contributed by atoms with E-state index in [1.54, 1.807) is 10.9 Å². The fourth-order valence-electron chi connectivity index (χ4n) is 2.74. The van der Waals surface area contributed by atoms with Crippen LogP contribution in [0.1, 0.15) is 11.7 Å². The maximum atomic E-state index is 13.3. The van der Waals surface area contributed by atoms with Gasteiger partial charge in [-0.2, -0.15) is 5.10 Å². The molecule has 0 amide bonds. The lowest BCUT2D eigenvalue weighted by atomic mass is 10.1. The number of morpholine rings is 1. The summed E-state index contributed by atoms with van der Waals surface area (Å²) in [4.78, 5) is 2.06. The van der Waals surface area contributed by atoms with Crippen LogP contribution in [0, 0.1) is 11.6 Å². The van der Waals surface area contributed by atoms with Gasteiger partial charge in [0, 0.05) is 32.0 Å². The van der Waals surface area contributed by atoms with Crippen LogP contribution >= 0.6 is 0 Å². The minimum Gasteiger partial charge on any atom is -0.387 e. The fraction of sp³-hybridized carbons (Fsp3) is 0.438. The predicted molar refractivity (Wildman–Crippen MR) is 79.7 cm³/mol. The van der Waals surface area contributed by atoms with Crippen LogP contribution in [0.25, 0.3) is 0 Å². The zero-order chi connectivity index (χ0) is 16.2. The minimum atomic E-state index is -0.944. The molecule has 1 N–H and O–H groups in total. The average Bonchev–Trinajstić information content (AvgIpc) is 3.03. The molecule has 3 rings (SSSR count). The lowest BCUT2D eigenvalue weighted by Gasteiger charge is -2.34. The van der Waals surface area contributed by atoms with E-state index in [9.17, 15) is 13.9 Å². The molecule has 0 radical (unpaired) electrons. The molecule has 5 nitrogen and oxygen atoms in total. The molecule has 1 aliphatic rings. The zero-order valence-electron chi connectivity index (χ0n) is 12.6. The molecule has 1 aromatic carbocycles. The summed E-state index contributed by atoms with van der Waals surface area (Å²) >= 11 is 0. The number of hydrogen-bond donors (Lipinski definition) is 1. The first-order valence-corrected chi connectivity index (χ1v) is 7.56. The molecule has 0 saturated carbocycles. The number of hydrogen-bond acceptors (Lipinski definition) is 4. The van der Waals surface area contributed by atoms with Crippen LogP contribution in [0.2, 0.25) is 0 Å². The number of rotatable bonds is 5. The van der Waals surface area contributed by atoms with Crippen molar-refractivity contribution >= 4 is 0 Å². The molecule has 0 bridgehead atoms. The first-order valence-electron chi connectivity index (χ1n) is 7.56. The van der Waals surface area contributed by atoms with E-state index < -0.39 is 17.7 Å². The standard InChI is InChI=1S/C16H19F2N3O2/c17-14-3-2-12(8-15(14)18)16(22)11-20-6-7-23-13(9-20)10-21-5-1-4-19-21/h1-5,8,13,16,22H,6-7,9-11H2/t13-,16-/m1/s1. The number of halogens is 2. The minimum absolute atomic E-state index is 0.0131. The lowest BCUT2D eigenvalue weighted by molar-refractivity contribution is -0.0486. The van der Waals surface area contributed by atoms with Crippen molar-refractivity contribution < 1.29 is 18.6 Å². The molecule has 1 aliphatic heterocycles.